The van der Waals surface area contributed by atoms with Crippen LogP contribution in [0.15, 0.2) is 36.5 Å². The molecule has 0 unspecified atom stereocenters. The van der Waals surface area contributed by atoms with Crippen molar-refractivity contribution in [1.29, 1.82) is 0 Å². The number of nitrogens with one attached hydrogen (secondary N) is 2. The third kappa shape index (κ3) is 4.00. The molecule has 0 radical (unpaired) electrons. The van der Waals surface area contributed by atoms with Crippen LogP contribution in [0.3, 0.4) is 0 Å². The van der Waals surface area contributed by atoms with E-state index in [1.54, 1.807) is 18.2 Å². The second-order valence-corrected chi connectivity index (χ2v) is 6.10. The number of benzene rings is 1. The third-order valence-electron chi connectivity index (χ3n) is 3.35. The summed E-state index contributed by atoms with van der Waals surface area (Å²) in [7, 11) is 0. The van der Waals surface area contributed by atoms with Crippen LogP contribution >= 0.6 is 23.2 Å². The van der Waals surface area contributed by atoms with E-state index in [9.17, 15) is 9.59 Å². The number of hydrogen-bond acceptors (Lipinski definition) is 3. The number of carbonyl (C=O) groups excluding carboxylic acids is 2. The predicted molar refractivity (Wildman–Crippen MR) is 89.1 cm³/mol. The highest BCUT2D eigenvalue weighted by Crippen LogP contribution is 2.25. The summed E-state index contributed by atoms with van der Waals surface area (Å²) in [4.78, 5) is 28.3. The lowest BCUT2D eigenvalue weighted by atomic mass is 10.2. The van der Waals surface area contributed by atoms with E-state index in [2.05, 4.69) is 15.6 Å². The quantitative estimate of drug-likeness (QED) is 0.886. The van der Waals surface area contributed by atoms with Gasteiger partial charge < -0.3 is 10.6 Å². The van der Waals surface area contributed by atoms with E-state index in [1.165, 1.54) is 18.3 Å². The molecule has 1 aliphatic rings. The van der Waals surface area contributed by atoms with Crippen molar-refractivity contribution in [3.63, 3.8) is 0 Å². The van der Waals surface area contributed by atoms with Gasteiger partial charge in [0.15, 0.2) is 0 Å². The molecule has 1 aromatic heterocycles. The maximum atomic E-state index is 12.3. The largest absolute Gasteiger partial charge is 0.349 e. The Morgan fingerprint density at radius 3 is 2.57 bits per heavy atom. The molecule has 5 nitrogen and oxygen atoms in total. The molecule has 2 amide bonds. The van der Waals surface area contributed by atoms with Crippen LogP contribution < -0.4 is 10.6 Å². The number of anilines is 1. The summed E-state index contributed by atoms with van der Waals surface area (Å²) in [6, 6.07) is 8.04. The smallest absolute Gasteiger partial charge is 0.274 e. The highest BCUT2D eigenvalue weighted by molar-refractivity contribution is 6.36. The second kappa shape index (κ2) is 6.56. The van der Waals surface area contributed by atoms with Gasteiger partial charge in [0.25, 0.3) is 11.8 Å². The number of nitrogens with zero attached hydrogens (tertiary/aromatic N) is 1. The van der Waals surface area contributed by atoms with E-state index in [0.29, 0.717) is 21.3 Å². The summed E-state index contributed by atoms with van der Waals surface area (Å²) in [5.74, 6) is -0.649. The Bertz CT molecular complexity index is 776. The van der Waals surface area contributed by atoms with Crippen LogP contribution in [0.1, 0.15) is 33.7 Å². The molecule has 1 fully saturated rings. The number of amides is 2. The molecular formula is C16H13Cl2N3O2. The summed E-state index contributed by atoms with van der Waals surface area (Å²) in [5, 5.41) is 6.32. The summed E-state index contributed by atoms with van der Waals surface area (Å²) in [6.07, 6.45) is 3.43. The summed E-state index contributed by atoms with van der Waals surface area (Å²) in [6.45, 7) is 0. The minimum Gasteiger partial charge on any atom is -0.349 e. The fourth-order valence-electron chi connectivity index (χ4n) is 1.97. The highest BCUT2D eigenvalue weighted by atomic mass is 35.5. The molecule has 0 aliphatic heterocycles. The fraction of sp³-hybridized carbons (Fsp3) is 0.188. The lowest BCUT2D eigenvalue weighted by Crippen LogP contribution is -2.26. The standard InChI is InChI=1S/C16H13Cl2N3O2/c17-10-1-4-13(12(18)8-10)21-16(23)14-7-9(5-6-19-14)15(22)20-11-2-3-11/h1,4-8,11H,2-3H2,(H,20,22)(H,21,23). The van der Waals surface area contributed by atoms with Crippen molar-refractivity contribution in [2.75, 3.05) is 5.32 Å². The van der Waals surface area contributed by atoms with Gasteiger partial charge in [0.2, 0.25) is 0 Å². The molecule has 0 saturated heterocycles. The Kier molecular flexibility index (Phi) is 4.50. The van der Waals surface area contributed by atoms with Gasteiger partial charge in [-0.2, -0.15) is 0 Å². The molecule has 3 rings (SSSR count). The van der Waals surface area contributed by atoms with Gasteiger partial charge in [-0.05, 0) is 43.2 Å². The Hall–Kier alpha value is -2.11. The average Bonchev–Trinajstić information content (AvgIpc) is 3.34. The topological polar surface area (TPSA) is 71.1 Å². The van der Waals surface area contributed by atoms with E-state index in [0.717, 1.165) is 12.8 Å². The van der Waals surface area contributed by atoms with Crippen molar-refractivity contribution in [2.45, 2.75) is 18.9 Å². The maximum absolute atomic E-state index is 12.3. The van der Waals surface area contributed by atoms with Crippen molar-refractivity contribution in [3.8, 4) is 0 Å². The molecule has 23 heavy (non-hydrogen) atoms. The molecule has 1 saturated carbocycles. The number of hydrogen-bond donors (Lipinski definition) is 2. The molecule has 2 N–H and O–H groups in total. The van der Waals surface area contributed by atoms with Crippen molar-refractivity contribution in [3.05, 3.63) is 57.8 Å². The van der Waals surface area contributed by atoms with Crippen molar-refractivity contribution in [2.24, 2.45) is 0 Å². The van der Waals surface area contributed by atoms with Crippen LogP contribution in [-0.4, -0.2) is 22.8 Å². The van der Waals surface area contributed by atoms with E-state index < -0.39 is 5.91 Å². The van der Waals surface area contributed by atoms with Crippen LogP contribution in [0, 0.1) is 0 Å². The van der Waals surface area contributed by atoms with Crippen LogP contribution in [0.4, 0.5) is 5.69 Å². The second-order valence-electron chi connectivity index (χ2n) is 5.26. The molecule has 0 bridgehead atoms. The Morgan fingerprint density at radius 1 is 1.09 bits per heavy atom. The van der Waals surface area contributed by atoms with E-state index in [4.69, 9.17) is 23.2 Å². The first-order valence-electron chi connectivity index (χ1n) is 7.06. The van der Waals surface area contributed by atoms with E-state index >= 15 is 0 Å². The zero-order valence-corrected chi connectivity index (χ0v) is 13.5. The molecule has 0 atom stereocenters. The molecule has 0 spiro atoms. The highest BCUT2D eigenvalue weighted by Gasteiger charge is 2.24. The molecule has 118 valence electrons. The molecule has 1 aliphatic carbocycles. The van der Waals surface area contributed by atoms with Gasteiger partial charge in [-0.15, -0.1) is 0 Å². The van der Waals surface area contributed by atoms with Gasteiger partial charge in [0, 0.05) is 22.8 Å². The minimum absolute atomic E-state index is 0.138. The monoisotopic (exact) mass is 349 g/mol. The Labute approximate surface area is 143 Å². The first-order valence-corrected chi connectivity index (χ1v) is 7.82. The first kappa shape index (κ1) is 15.8. The SMILES string of the molecule is O=C(NC1CC1)c1ccnc(C(=O)Nc2ccc(Cl)cc2Cl)c1. The predicted octanol–water partition coefficient (Wildman–Crippen LogP) is 3.53. The van der Waals surface area contributed by atoms with Crippen molar-refractivity contribution in [1.82, 2.24) is 10.3 Å². The lowest BCUT2D eigenvalue weighted by Gasteiger charge is -2.08. The molecule has 7 heteroatoms. The maximum Gasteiger partial charge on any atom is 0.274 e. The fourth-order valence-corrected chi connectivity index (χ4v) is 2.43. The zero-order chi connectivity index (χ0) is 16.4. The lowest BCUT2D eigenvalue weighted by molar-refractivity contribution is 0.0951. The Balaban J connectivity index is 1.75. The molecule has 1 aromatic carbocycles. The summed E-state index contributed by atoms with van der Waals surface area (Å²) < 4.78 is 0. The van der Waals surface area contributed by atoms with Gasteiger partial charge in [0.05, 0.1) is 10.7 Å². The summed E-state index contributed by atoms with van der Waals surface area (Å²) >= 11 is 11.8. The normalized spacial score (nSPS) is 13.5. The van der Waals surface area contributed by atoms with Gasteiger partial charge in [0.1, 0.15) is 5.69 Å². The van der Waals surface area contributed by atoms with Crippen LogP contribution in [0.2, 0.25) is 10.0 Å². The van der Waals surface area contributed by atoms with Gasteiger partial charge in [-0.25, -0.2) is 0 Å². The minimum atomic E-state index is -0.449. The number of aromatic nitrogens is 1. The number of carbonyl (C=O) groups is 2. The third-order valence-corrected chi connectivity index (χ3v) is 3.89. The number of pyridine rings is 1. The zero-order valence-electron chi connectivity index (χ0n) is 12.0. The Morgan fingerprint density at radius 2 is 1.87 bits per heavy atom. The average molecular weight is 350 g/mol. The van der Waals surface area contributed by atoms with Crippen LogP contribution in [-0.2, 0) is 0 Å². The number of rotatable bonds is 4. The molecule has 2 aromatic rings. The van der Waals surface area contributed by atoms with Gasteiger partial charge in [-0.3, -0.25) is 14.6 Å². The van der Waals surface area contributed by atoms with E-state index in [1.807, 2.05) is 0 Å². The number of halogens is 2. The summed E-state index contributed by atoms with van der Waals surface area (Å²) in [5.41, 5.74) is 0.967. The van der Waals surface area contributed by atoms with E-state index in [-0.39, 0.29) is 17.6 Å². The van der Waals surface area contributed by atoms with Crippen LogP contribution in [0.25, 0.3) is 0 Å². The van der Waals surface area contributed by atoms with Gasteiger partial charge >= 0.3 is 0 Å². The molecule has 1 heterocycles. The van der Waals surface area contributed by atoms with Crippen LogP contribution in [0.5, 0.6) is 0 Å². The molecular weight excluding hydrogens is 337 g/mol. The van der Waals surface area contributed by atoms with Crippen molar-refractivity contribution < 1.29 is 9.59 Å². The van der Waals surface area contributed by atoms with Crippen molar-refractivity contribution >= 4 is 40.7 Å². The van der Waals surface area contributed by atoms with Gasteiger partial charge in [-0.1, -0.05) is 23.2 Å². The first-order chi connectivity index (χ1) is 11.0.